The summed E-state index contributed by atoms with van der Waals surface area (Å²) in [6, 6.07) is 7.58. The second kappa shape index (κ2) is 7.01. The van der Waals surface area contributed by atoms with Crippen molar-refractivity contribution in [1.82, 2.24) is 5.32 Å². The number of para-hydroxylation sites is 1. The Balaban J connectivity index is 2.64. The highest BCUT2D eigenvalue weighted by Gasteiger charge is 2.11. The van der Waals surface area contributed by atoms with Crippen LogP contribution in [0.25, 0.3) is 0 Å². The molecular weight excluding hydrogens is 228 g/mol. The van der Waals surface area contributed by atoms with Gasteiger partial charge in [0.05, 0.1) is 6.61 Å². The molecule has 0 saturated heterocycles. The average molecular weight is 250 g/mol. The van der Waals surface area contributed by atoms with Crippen molar-refractivity contribution in [3.63, 3.8) is 0 Å². The minimum Gasteiger partial charge on any atom is -0.380 e. The third-order valence-corrected chi connectivity index (χ3v) is 2.92. The number of urea groups is 1. The van der Waals surface area contributed by atoms with Crippen LogP contribution in [0.5, 0.6) is 0 Å². The van der Waals surface area contributed by atoms with Crippen LogP contribution in [0.3, 0.4) is 0 Å². The summed E-state index contributed by atoms with van der Waals surface area (Å²) < 4.78 is 5.10. The van der Waals surface area contributed by atoms with Crippen LogP contribution < -0.4 is 10.6 Å². The summed E-state index contributed by atoms with van der Waals surface area (Å²) in [5.41, 5.74) is 1.75. The number of anilines is 1. The molecule has 4 nitrogen and oxygen atoms in total. The number of ether oxygens (including phenoxy) is 1. The van der Waals surface area contributed by atoms with Crippen LogP contribution in [0, 0.1) is 5.92 Å². The Hall–Kier alpha value is -1.55. The number of hydrogen-bond acceptors (Lipinski definition) is 2. The molecule has 18 heavy (non-hydrogen) atoms. The van der Waals surface area contributed by atoms with Crippen LogP contribution in [-0.2, 0) is 11.3 Å². The van der Waals surface area contributed by atoms with Crippen molar-refractivity contribution in [2.75, 3.05) is 12.4 Å². The summed E-state index contributed by atoms with van der Waals surface area (Å²) in [7, 11) is 1.64. The molecular formula is C14H22N2O2. The summed E-state index contributed by atoms with van der Waals surface area (Å²) >= 11 is 0. The van der Waals surface area contributed by atoms with Crippen LogP contribution in [-0.4, -0.2) is 19.2 Å². The van der Waals surface area contributed by atoms with E-state index in [0.717, 1.165) is 11.3 Å². The zero-order valence-electron chi connectivity index (χ0n) is 11.5. The lowest BCUT2D eigenvalue weighted by Crippen LogP contribution is -2.39. The molecule has 0 bridgehead atoms. The monoisotopic (exact) mass is 250 g/mol. The predicted octanol–water partition coefficient (Wildman–Crippen LogP) is 3.00. The highest BCUT2D eigenvalue weighted by molar-refractivity contribution is 5.90. The highest BCUT2D eigenvalue weighted by atomic mass is 16.5. The Morgan fingerprint density at radius 2 is 1.94 bits per heavy atom. The summed E-state index contributed by atoms with van der Waals surface area (Å²) in [5, 5.41) is 5.76. The molecule has 0 radical (unpaired) electrons. The summed E-state index contributed by atoms with van der Waals surface area (Å²) in [6.07, 6.45) is 0. The number of methoxy groups -OCH3 is 1. The normalized spacial score (nSPS) is 12.3. The molecule has 2 N–H and O–H groups in total. The standard InChI is InChI=1S/C14H22N2O2/c1-10(2)11(3)15-14(17)16-13-8-6-5-7-12(13)9-18-4/h5-8,10-11H,9H2,1-4H3,(H2,15,16,17). The lowest BCUT2D eigenvalue weighted by molar-refractivity contribution is 0.185. The maximum Gasteiger partial charge on any atom is 0.319 e. The van der Waals surface area contributed by atoms with E-state index < -0.39 is 0 Å². The lowest BCUT2D eigenvalue weighted by Gasteiger charge is -2.18. The minimum atomic E-state index is -0.181. The van der Waals surface area contributed by atoms with Crippen molar-refractivity contribution >= 4 is 11.7 Å². The van der Waals surface area contributed by atoms with Crippen molar-refractivity contribution < 1.29 is 9.53 Å². The van der Waals surface area contributed by atoms with Gasteiger partial charge in [-0.15, -0.1) is 0 Å². The van der Waals surface area contributed by atoms with Gasteiger partial charge in [-0.3, -0.25) is 0 Å². The van der Waals surface area contributed by atoms with Gasteiger partial charge >= 0.3 is 6.03 Å². The van der Waals surface area contributed by atoms with Crippen LogP contribution in [0.1, 0.15) is 26.3 Å². The molecule has 2 amide bonds. The van der Waals surface area contributed by atoms with E-state index in [4.69, 9.17) is 4.74 Å². The van der Waals surface area contributed by atoms with Gasteiger partial charge in [-0.1, -0.05) is 32.0 Å². The van der Waals surface area contributed by atoms with Gasteiger partial charge in [-0.05, 0) is 18.9 Å². The zero-order chi connectivity index (χ0) is 13.5. The van der Waals surface area contributed by atoms with E-state index >= 15 is 0 Å². The van der Waals surface area contributed by atoms with Crippen molar-refractivity contribution in [3.05, 3.63) is 29.8 Å². The van der Waals surface area contributed by atoms with Gasteiger partial charge < -0.3 is 15.4 Å². The molecule has 0 aromatic heterocycles. The summed E-state index contributed by atoms with van der Waals surface area (Å²) in [5.74, 6) is 0.407. The highest BCUT2D eigenvalue weighted by Crippen LogP contribution is 2.15. The number of carbonyl (C=O) groups excluding carboxylic acids is 1. The quantitative estimate of drug-likeness (QED) is 0.844. The topological polar surface area (TPSA) is 50.4 Å². The molecule has 4 heteroatoms. The van der Waals surface area contributed by atoms with Gasteiger partial charge in [-0.25, -0.2) is 4.79 Å². The Bertz CT molecular complexity index is 391. The Morgan fingerprint density at radius 1 is 1.28 bits per heavy atom. The maximum atomic E-state index is 11.8. The van der Waals surface area contributed by atoms with Crippen LogP contribution in [0.4, 0.5) is 10.5 Å². The van der Waals surface area contributed by atoms with Gasteiger partial charge in [-0.2, -0.15) is 0 Å². The van der Waals surface area contributed by atoms with E-state index in [0.29, 0.717) is 12.5 Å². The van der Waals surface area contributed by atoms with E-state index in [9.17, 15) is 4.79 Å². The van der Waals surface area contributed by atoms with E-state index in [2.05, 4.69) is 24.5 Å². The third-order valence-electron chi connectivity index (χ3n) is 2.92. The Labute approximate surface area is 109 Å². The fourth-order valence-corrected chi connectivity index (χ4v) is 1.46. The molecule has 0 fully saturated rings. The van der Waals surface area contributed by atoms with Gasteiger partial charge in [0.2, 0.25) is 0 Å². The summed E-state index contributed by atoms with van der Waals surface area (Å²) in [6.45, 7) is 6.62. The third kappa shape index (κ3) is 4.37. The fraction of sp³-hybridized carbons (Fsp3) is 0.500. The number of benzene rings is 1. The molecule has 0 aliphatic heterocycles. The van der Waals surface area contributed by atoms with Gasteiger partial charge in [0.25, 0.3) is 0 Å². The maximum absolute atomic E-state index is 11.8. The number of hydrogen-bond donors (Lipinski definition) is 2. The van der Waals surface area contributed by atoms with Crippen LogP contribution >= 0.6 is 0 Å². The number of amides is 2. The molecule has 1 unspecified atom stereocenters. The van der Waals surface area contributed by atoms with Crippen molar-refractivity contribution in [2.24, 2.45) is 5.92 Å². The molecule has 0 aliphatic rings. The Morgan fingerprint density at radius 3 is 2.56 bits per heavy atom. The second-order valence-corrected chi connectivity index (χ2v) is 4.72. The lowest BCUT2D eigenvalue weighted by atomic mass is 10.1. The Kier molecular flexibility index (Phi) is 5.65. The fourth-order valence-electron chi connectivity index (χ4n) is 1.46. The van der Waals surface area contributed by atoms with E-state index in [-0.39, 0.29) is 12.1 Å². The number of rotatable bonds is 5. The number of nitrogens with one attached hydrogen (secondary N) is 2. The molecule has 1 aromatic carbocycles. The zero-order valence-corrected chi connectivity index (χ0v) is 11.5. The van der Waals surface area contributed by atoms with E-state index in [1.165, 1.54) is 0 Å². The van der Waals surface area contributed by atoms with Gasteiger partial charge in [0.15, 0.2) is 0 Å². The predicted molar refractivity (Wildman–Crippen MR) is 73.6 cm³/mol. The molecule has 1 aromatic rings. The molecule has 0 heterocycles. The molecule has 0 saturated carbocycles. The van der Waals surface area contributed by atoms with Crippen molar-refractivity contribution in [2.45, 2.75) is 33.4 Å². The first-order chi connectivity index (χ1) is 8.54. The SMILES string of the molecule is COCc1ccccc1NC(=O)NC(C)C(C)C. The number of carbonyl (C=O) groups is 1. The van der Waals surface area contributed by atoms with Crippen LogP contribution in [0.2, 0.25) is 0 Å². The first-order valence-electron chi connectivity index (χ1n) is 6.19. The summed E-state index contributed by atoms with van der Waals surface area (Å²) in [4.78, 5) is 11.8. The molecule has 100 valence electrons. The first-order valence-corrected chi connectivity index (χ1v) is 6.19. The van der Waals surface area contributed by atoms with Crippen LogP contribution in [0.15, 0.2) is 24.3 Å². The molecule has 0 aliphatic carbocycles. The smallest absolute Gasteiger partial charge is 0.319 e. The largest absolute Gasteiger partial charge is 0.380 e. The van der Waals surface area contributed by atoms with Gasteiger partial charge in [0.1, 0.15) is 0 Å². The van der Waals surface area contributed by atoms with Crippen molar-refractivity contribution in [3.8, 4) is 0 Å². The van der Waals surface area contributed by atoms with E-state index in [1.54, 1.807) is 7.11 Å². The molecule has 1 rings (SSSR count). The minimum absolute atomic E-state index is 0.139. The van der Waals surface area contributed by atoms with Crippen molar-refractivity contribution in [1.29, 1.82) is 0 Å². The van der Waals surface area contributed by atoms with Gasteiger partial charge in [0, 0.05) is 24.4 Å². The molecule has 0 spiro atoms. The second-order valence-electron chi connectivity index (χ2n) is 4.72. The molecule has 1 atom stereocenters. The van der Waals surface area contributed by atoms with E-state index in [1.807, 2.05) is 31.2 Å². The first kappa shape index (κ1) is 14.5. The average Bonchev–Trinajstić information content (AvgIpc) is 2.31.